The van der Waals surface area contributed by atoms with Gasteiger partial charge >= 0.3 is 0 Å². The van der Waals surface area contributed by atoms with E-state index in [1.165, 1.54) is 120 Å². The molecule has 0 nitrogen and oxygen atoms in total. The third-order valence-electron chi connectivity index (χ3n) is 12.4. The Bertz CT molecular complexity index is 3550. The van der Waals surface area contributed by atoms with Gasteiger partial charge in [0.15, 0.2) is 0 Å². The minimum Gasteiger partial charge on any atom is -0.0616 e. The van der Waals surface area contributed by atoms with E-state index >= 15 is 0 Å². The van der Waals surface area contributed by atoms with Gasteiger partial charge in [0.1, 0.15) is 0 Å². The van der Waals surface area contributed by atoms with Crippen molar-refractivity contribution >= 4 is 75.4 Å². The standard InChI is InChI=1S/C58H36/c1-6-20-45-39(15-1)33-42(37-29-31-38(32-30-37)54-34-40-16-2-4-18-43(40)46-21-7-9-23-48(46)54)36-55(45)57-50-25-11-13-27-52(50)58(53-28-14-12-26-51(53)57)56-35-41-17-3-5-19-44(41)47-22-8-10-24-49(47)56/h1-36H. The lowest BCUT2D eigenvalue weighted by Crippen LogP contribution is -1.93. The first-order valence-corrected chi connectivity index (χ1v) is 20.2. The molecule has 0 saturated carbocycles. The quantitative estimate of drug-likeness (QED) is 0.125. The van der Waals surface area contributed by atoms with E-state index in [-0.39, 0.29) is 0 Å². The maximum Gasteiger partial charge on any atom is -0.00199 e. The Hall–Kier alpha value is -7.54. The van der Waals surface area contributed by atoms with Crippen LogP contribution in [0.4, 0.5) is 0 Å². The second kappa shape index (κ2) is 13.0. The van der Waals surface area contributed by atoms with Crippen LogP contribution in [0.1, 0.15) is 0 Å². The van der Waals surface area contributed by atoms with Gasteiger partial charge in [-0.15, -0.1) is 0 Å². The molecule has 0 aliphatic carbocycles. The molecule has 0 N–H and O–H groups in total. The summed E-state index contributed by atoms with van der Waals surface area (Å²) in [6.45, 7) is 0. The van der Waals surface area contributed by atoms with Gasteiger partial charge in [0.2, 0.25) is 0 Å². The summed E-state index contributed by atoms with van der Waals surface area (Å²) in [7, 11) is 0. The lowest BCUT2D eigenvalue weighted by atomic mass is 9.82. The van der Waals surface area contributed by atoms with Crippen LogP contribution in [0.2, 0.25) is 0 Å². The van der Waals surface area contributed by atoms with Crippen LogP contribution < -0.4 is 0 Å². The Kier molecular flexibility index (Phi) is 7.33. The molecule has 0 spiro atoms. The predicted molar refractivity (Wildman–Crippen MR) is 251 cm³/mol. The Labute approximate surface area is 336 Å². The van der Waals surface area contributed by atoms with Crippen molar-refractivity contribution in [3.8, 4) is 44.5 Å². The zero-order valence-electron chi connectivity index (χ0n) is 31.8. The number of rotatable bonds is 4. The first-order valence-electron chi connectivity index (χ1n) is 20.2. The monoisotopic (exact) mass is 732 g/mol. The van der Waals surface area contributed by atoms with E-state index in [1.54, 1.807) is 0 Å². The highest BCUT2D eigenvalue weighted by Gasteiger charge is 2.21. The van der Waals surface area contributed by atoms with Gasteiger partial charge < -0.3 is 0 Å². The number of hydrogen-bond donors (Lipinski definition) is 0. The molecule has 58 heavy (non-hydrogen) atoms. The van der Waals surface area contributed by atoms with Crippen LogP contribution >= 0.6 is 0 Å². The maximum absolute atomic E-state index is 2.43. The van der Waals surface area contributed by atoms with Crippen molar-refractivity contribution in [2.45, 2.75) is 0 Å². The fraction of sp³-hybridized carbons (Fsp3) is 0. The summed E-state index contributed by atoms with van der Waals surface area (Å²) in [4.78, 5) is 0. The second-order valence-corrected chi connectivity index (χ2v) is 15.5. The average Bonchev–Trinajstić information content (AvgIpc) is 3.30. The normalized spacial score (nSPS) is 11.8. The summed E-state index contributed by atoms with van der Waals surface area (Å²) >= 11 is 0. The van der Waals surface area contributed by atoms with Crippen LogP contribution in [-0.2, 0) is 0 Å². The van der Waals surface area contributed by atoms with Gasteiger partial charge in [-0.2, -0.15) is 0 Å². The van der Waals surface area contributed by atoms with Gasteiger partial charge in [-0.25, -0.2) is 0 Å². The molecular weight excluding hydrogens is 697 g/mol. The number of hydrogen-bond acceptors (Lipinski definition) is 0. The first-order chi connectivity index (χ1) is 28.8. The molecule has 0 aliphatic rings. The summed E-state index contributed by atoms with van der Waals surface area (Å²) in [6.07, 6.45) is 0. The van der Waals surface area contributed by atoms with Gasteiger partial charge in [-0.3, -0.25) is 0 Å². The third-order valence-corrected chi connectivity index (χ3v) is 12.4. The minimum atomic E-state index is 1.20. The molecular formula is C58H36. The Morgan fingerprint density at radius 2 is 0.500 bits per heavy atom. The average molecular weight is 733 g/mol. The molecule has 0 saturated heterocycles. The first kappa shape index (κ1) is 32.7. The van der Waals surface area contributed by atoms with E-state index in [0.717, 1.165) is 0 Å². The molecule has 268 valence electrons. The molecule has 0 aliphatic heterocycles. The highest BCUT2D eigenvalue weighted by molar-refractivity contribution is 6.27. The summed E-state index contributed by atoms with van der Waals surface area (Å²) < 4.78 is 0. The Balaban J connectivity index is 1.09. The van der Waals surface area contributed by atoms with Crippen molar-refractivity contribution in [2.24, 2.45) is 0 Å². The van der Waals surface area contributed by atoms with E-state index in [4.69, 9.17) is 0 Å². The van der Waals surface area contributed by atoms with Crippen LogP contribution in [0.5, 0.6) is 0 Å². The highest BCUT2D eigenvalue weighted by Crippen LogP contribution is 2.48. The lowest BCUT2D eigenvalue weighted by Gasteiger charge is -2.21. The molecule has 0 bridgehead atoms. The van der Waals surface area contributed by atoms with Crippen LogP contribution in [0.25, 0.3) is 120 Å². The predicted octanol–water partition coefficient (Wildman–Crippen LogP) is 16.4. The lowest BCUT2D eigenvalue weighted by molar-refractivity contribution is 1.62. The fourth-order valence-electron chi connectivity index (χ4n) is 9.79. The van der Waals surface area contributed by atoms with Crippen LogP contribution in [-0.4, -0.2) is 0 Å². The molecule has 0 aromatic heterocycles. The zero-order valence-corrected chi connectivity index (χ0v) is 31.8. The van der Waals surface area contributed by atoms with Crippen LogP contribution in [0.15, 0.2) is 218 Å². The van der Waals surface area contributed by atoms with E-state index in [2.05, 4.69) is 218 Å². The van der Waals surface area contributed by atoms with Gasteiger partial charge in [-0.1, -0.05) is 194 Å². The van der Waals surface area contributed by atoms with Crippen molar-refractivity contribution in [3.05, 3.63) is 218 Å². The number of benzene rings is 12. The SMILES string of the molecule is c1ccc2c(-c3c4ccccc4c(-c4cc5ccccc5c5ccccc45)c4ccccc34)cc(-c3ccc(-c4cc5ccccc5c5ccccc45)cc3)cc2c1. The minimum absolute atomic E-state index is 1.20. The molecule has 0 radical (unpaired) electrons. The molecule has 12 aromatic carbocycles. The summed E-state index contributed by atoms with van der Waals surface area (Å²) in [5.41, 5.74) is 9.98. The van der Waals surface area contributed by atoms with E-state index in [1.807, 2.05) is 0 Å². The largest absolute Gasteiger partial charge is 0.0616 e. The van der Waals surface area contributed by atoms with Crippen molar-refractivity contribution in [1.29, 1.82) is 0 Å². The summed E-state index contributed by atoms with van der Waals surface area (Å²) in [5, 5.41) is 17.8. The Morgan fingerprint density at radius 1 is 0.172 bits per heavy atom. The highest BCUT2D eigenvalue weighted by atomic mass is 14.2. The molecule has 0 fully saturated rings. The fourth-order valence-corrected chi connectivity index (χ4v) is 9.79. The zero-order chi connectivity index (χ0) is 38.2. The van der Waals surface area contributed by atoms with Gasteiger partial charge in [0.25, 0.3) is 0 Å². The molecule has 0 unspecified atom stereocenters. The van der Waals surface area contributed by atoms with Crippen molar-refractivity contribution in [1.82, 2.24) is 0 Å². The van der Waals surface area contributed by atoms with Gasteiger partial charge in [0.05, 0.1) is 0 Å². The van der Waals surface area contributed by atoms with Crippen molar-refractivity contribution in [3.63, 3.8) is 0 Å². The third kappa shape index (κ3) is 5.02. The van der Waals surface area contributed by atoms with Crippen LogP contribution in [0, 0.1) is 0 Å². The maximum atomic E-state index is 2.43. The molecule has 12 rings (SSSR count). The summed E-state index contributed by atoms with van der Waals surface area (Å²) in [6, 6.07) is 80.9. The molecule has 0 atom stereocenters. The van der Waals surface area contributed by atoms with Gasteiger partial charge in [-0.05, 0) is 144 Å². The molecule has 0 heterocycles. The van der Waals surface area contributed by atoms with Crippen LogP contribution in [0.3, 0.4) is 0 Å². The van der Waals surface area contributed by atoms with Crippen molar-refractivity contribution < 1.29 is 0 Å². The van der Waals surface area contributed by atoms with E-state index < -0.39 is 0 Å². The second-order valence-electron chi connectivity index (χ2n) is 15.5. The van der Waals surface area contributed by atoms with E-state index in [0.29, 0.717) is 0 Å². The van der Waals surface area contributed by atoms with E-state index in [9.17, 15) is 0 Å². The van der Waals surface area contributed by atoms with Crippen molar-refractivity contribution in [2.75, 3.05) is 0 Å². The Morgan fingerprint density at radius 3 is 1.00 bits per heavy atom. The summed E-state index contributed by atoms with van der Waals surface area (Å²) in [5.74, 6) is 0. The molecule has 12 aromatic rings. The topological polar surface area (TPSA) is 0 Å². The smallest absolute Gasteiger partial charge is 0.00199 e. The molecule has 0 amide bonds. The van der Waals surface area contributed by atoms with Gasteiger partial charge in [0, 0.05) is 0 Å². The number of fused-ring (bicyclic) bond motifs is 9. The molecule has 0 heteroatoms.